The average Bonchev–Trinajstić information content (AvgIpc) is 2.61. The van der Waals surface area contributed by atoms with Crippen molar-refractivity contribution < 1.29 is 13.6 Å². The molecule has 0 aliphatic carbocycles. The summed E-state index contributed by atoms with van der Waals surface area (Å²) in [6.07, 6.45) is 0. The van der Waals surface area contributed by atoms with Crippen molar-refractivity contribution in [1.82, 2.24) is 4.98 Å². The van der Waals surface area contributed by atoms with Crippen molar-refractivity contribution in [1.29, 1.82) is 0 Å². The molecule has 0 aliphatic heterocycles. The molecule has 2 aromatic rings. The molecule has 3 nitrogen and oxygen atoms in total. The molecule has 1 aromatic heterocycles. The molecule has 1 heterocycles. The Morgan fingerprint density at radius 3 is 2.56 bits per heavy atom. The second kappa shape index (κ2) is 4.06. The van der Waals surface area contributed by atoms with Crippen LogP contribution < -0.4 is 0 Å². The van der Waals surface area contributed by atoms with Gasteiger partial charge >= 0.3 is 0 Å². The van der Waals surface area contributed by atoms with Crippen LogP contribution in [0.3, 0.4) is 0 Å². The van der Waals surface area contributed by atoms with E-state index in [2.05, 4.69) is 4.98 Å². The van der Waals surface area contributed by atoms with Gasteiger partial charge < -0.3 is 4.42 Å². The van der Waals surface area contributed by atoms with Crippen molar-refractivity contribution in [3.63, 3.8) is 0 Å². The maximum Gasteiger partial charge on any atom is 0.290 e. The van der Waals surface area contributed by atoms with Crippen LogP contribution in [0.25, 0.3) is 11.3 Å². The summed E-state index contributed by atoms with van der Waals surface area (Å²) in [5.41, 5.74) is 0.916. The number of hydrogen-bond acceptors (Lipinski definition) is 3. The Balaban J connectivity index is 2.55. The fraction of sp³-hybridized carbons (Fsp3) is 0.0909. The fourth-order valence-corrected chi connectivity index (χ4v) is 1.49. The van der Waals surface area contributed by atoms with Gasteiger partial charge in [0.2, 0.25) is 5.76 Å². The Bertz CT molecular complexity index is 533. The van der Waals surface area contributed by atoms with Crippen molar-refractivity contribution in [2.45, 2.75) is 6.92 Å². The maximum atomic E-state index is 12.7. The zero-order valence-electron chi connectivity index (χ0n) is 8.33. The minimum Gasteiger partial charge on any atom is -0.436 e. The summed E-state index contributed by atoms with van der Waals surface area (Å²) in [6, 6.07) is 5.58. The van der Waals surface area contributed by atoms with Crippen molar-refractivity contribution in [3.05, 3.63) is 41.7 Å². The van der Waals surface area contributed by atoms with E-state index in [1.54, 1.807) is 6.92 Å². The van der Waals surface area contributed by atoms with Crippen LogP contribution >= 0.6 is 11.6 Å². The summed E-state index contributed by atoms with van der Waals surface area (Å²) >= 11 is 5.36. The summed E-state index contributed by atoms with van der Waals surface area (Å²) in [7, 11) is 0. The Morgan fingerprint density at radius 1 is 1.38 bits per heavy atom. The number of aryl methyl sites for hydroxylation is 1. The standard InChI is InChI=1S/C11H7ClFNO2/c1-6-14-9(10(16-6)11(12)15)7-2-4-8(13)5-3-7/h2-5H,1H3. The number of rotatable bonds is 2. The van der Waals surface area contributed by atoms with Gasteiger partial charge in [0.1, 0.15) is 11.5 Å². The van der Waals surface area contributed by atoms with Gasteiger partial charge in [-0.05, 0) is 35.9 Å². The third kappa shape index (κ3) is 1.97. The summed E-state index contributed by atoms with van der Waals surface area (Å²) in [5, 5.41) is -0.722. The molecular weight excluding hydrogens is 233 g/mol. The molecule has 0 fully saturated rings. The fourth-order valence-electron chi connectivity index (χ4n) is 1.36. The number of halogens is 2. The number of nitrogens with zero attached hydrogens (tertiary/aromatic N) is 1. The summed E-state index contributed by atoms with van der Waals surface area (Å²) in [4.78, 5) is 15.1. The largest absolute Gasteiger partial charge is 0.436 e. The van der Waals surface area contributed by atoms with Crippen LogP contribution in [-0.2, 0) is 0 Å². The van der Waals surface area contributed by atoms with E-state index in [9.17, 15) is 9.18 Å². The van der Waals surface area contributed by atoms with Gasteiger partial charge in [0, 0.05) is 12.5 Å². The summed E-state index contributed by atoms with van der Waals surface area (Å²) in [6.45, 7) is 1.61. The molecule has 0 N–H and O–H groups in total. The first-order valence-electron chi connectivity index (χ1n) is 4.51. The molecular formula is C11H7ClFNO2. The summed E-state index contributed by atoms with van der Waals surface area (Å²) in [5.74, 6) is -0.0446. The molecule has 0 saturated carbocycles. The molecule has 0 spiro atoms. The van der Waals surface area contributed by atoms with Crippen molar-refractivity contribution in [2.75, 3.05) is 0 Å². The Morgan fingerprint density at radius 2 is 2.00 bits per heavy atom. The van der Waals surface area contributed by atoms with E-state index >= 15 is 0 Å². The molecule has 2 rings (SSSR count). The Labute approximate surface area is 95.9 Å². The van der Waals surface area contributed by atoms with E-state index in [0.717, 1.165) is 0 Å². The first-order chi connectivity index (χ1) is 7.58. The lowest BCUT2D eigenvalue weighted by molar-refractivity contribution is 0.105. The third-order valence-corrected chi connectivity index (χ3v) is 2.20. The minimum atomic E-state index is -0.722. The molecule has 0 atom stereocenters. The predicted octanol–water partition coefficient (Wildman–Crippen LogP) is 3.17. The number of hydrogen-bond donors (Lipinski definition) is 0. The molecule has 1 aromatic carbocycles. The van der Waals surface area contributed by atoms with Gasteiger partial charge in [0.05, 0.1) is 0 Å². The van der Waals surface area contributed by atoms with E-state index in [4.69, 9.17) is 16.0 Å². The molecule has 0 aliphatic rings. The Kier molecular flexibility index (Phi) is 2.75. The molecule has 0 unspecified atom stereocenters. The highest BCUT2D eigenvalue weighted by Gasteiger charge is 2.18. The maximum absolute atomic E-state index is 12.7. The predicted molar refractivity (Wildman–Crippen MR) is 56.8 cm³/mol. The quantitative estimate of drug-likeness (QED) is 0.756. The average molecular weight is 240 g/mol. The van der Waals surface area contributed by atoms with Crippen LogP contribution in [0, 0.1) is 12.7 Å². The van der Waals surface area contributed by atoms with Crippen molar-refractivity contribution in [2.24, 2.45) is 0 Å². The zero-order chi connectivity index (χ0) is 11.7. The number of carbonyl (C=O) groups excluding carboxylic acids is 1. The second-order valence-electron chi connectivity index (χ2n) is 3.19. The van der Waals surface area contributed by atoms with E-state index in [0.29, 0.717) is 17.1 Å². The lowest BCUT2D eigenvalue weighted by Crippen LogP contribution is -1.90. The van der Waals surface area contributed by atoms with Crippen LogP contribution in [0.4, 0.5) is 4.39 Å². The van der Waals surface area contributed by atoms with E-state index in [1.807, 2.05) is 0 Å². The molecule has 82 valence electrons. The first-order valence-corrected chi connectivity index (χ1v) is 4.89. The van der Waals surface area contributed by atoms with Crippen molar-refractivity contribution >= 4 is 16.8 Å². The molecule has 0 bridgehead atoms. The highest BCUT2D eigenvalue weighted by Crippen LogP contribution is 2.25. The highest BCUT2D eigenvalue weighted by molar-refractivity contribution is 6.67. The SMILES string of the molecule is Cc1nc(-c2ccc(F)cc2)c(C(=O)Cl)o1. The normalized spacial score (nSPS) is 10.4. The second-order valence-corrected chi connectivity index (χ2v) is 3.53. The van der Waals surface area contributed by atoms with Crippen LogP contribution in [-0.4, -0.2) is 10.2 Å². The molecule has 16 heavy (non-hydrogen) atoms. The van der Waals surface area contributed by atoms with Crippen molar-refractivity contribution in [3.8, 4) is 11.3 Å². The number of carbonyl (C=O) groups is 1. The van der Waals surface area contributed by atoms with Gasteiger partial charge in [0.25, 0.3) is 5.24 Å². The molecule has 0 saturated heterocycles. The van der Waals surface area contributed by atoms with Gasteiger partial charge in [0.15, 0.2) is 5.89 Å². The number of oxazole rings is 1. The van der Waals surface area contributed by atoms with Crippen LogP contribution in [0.5, 0.6) is 0 Å². The van der Waals surface area contributed by atoms with E-state index in [1.165, 1.54) is 24.3 Å². The van der Waals surface area contributed by atoms with Gasteiger partial charge in [-0.25, -0.2) is 9.37 Å². The Hall–Kier alpha value is -1.68. The topological polar surface area (TPSA) is 43.1 Å². The number of aromatic nitrogens is 1. The smallest absolute Gasteiger partial charge is 0.290 e. The minimum absolute atomic E-state index is 0.0224. The summed E-state index contributed by atoms with van der Waals surface area (Å²) < 4.78 is 17.8. The van der Waals surface area contributed by atoms with Gasteiger partial charge in [-0.1, -0.05) is 0 Å². The molecule has 5 heteroatoms. The van der Waals surface area contributed by atoms with Crippen LogP contribution in [0.15, 0.2) is 28.7 Å². The first kappa shape index (κ1) is 10.8. The van der Waals surface area contributed by atoms with E-state index in [-0.39, 0.29) is 11.6 Å². The van der Waals surface area contributed by atoms with Gasteiger partial charge in [-0.2, -0.15) is 0 Å². The van der Waals surface area contributed by atoms with Gasteiger partial charge in [-0.15, -0.1) is 0 Å². The molecule has 0 radical (unpaired) electrons. The molecule has 0 amide bonds. The monoisotopic (exact) mass is 239 g/mol. The third-order valence-electron chi connectivity index (χ3n) is 2.03. The van der Waals surface area contributed by atoms with Gasteiger partial charge in [-0.3, -0.25) is 4.79 Å². The van der Waals surface area contributed by atoms with Crippen LogP contribution in [0.1, 0.15) is 16.4 Å². The van der Waals surface area contributed by atoms with E-state index < -0.39 is 5.24 Å². The lowest BCUT2D eigenvalue weighted by Gasteiger charge is -1.96. The highest BCUT2D eigenvalue weighted by atomic mass is 35.5. The zero-order valence-corrected chi connectivity index (χ0v) is 9.08. The number of benzene rings is 1. The van der Waals surface area contributed by atoms with Crippen LogP contribution in [0.2, 0.25) is 0 Å². The lowest BCUT2D eigenvalue weighted by atomic mass is 10.1.